The predicted molar refractivity (Wildman–Crippen MR) is 156 cm³/mol. The summed E-state index contributed by atoms with van der Waals surface area (Å²) < 4.78 is 25.8. The third kappa shape index (κ3) is 19.6. The van der Waals surface area contributed by atoms with Crippen molar-refractivity contribution in [2.75, 3.05) is 19.4 Å². The second-order valence-electron chi connectivity index (χ2n) is 13.9. The summed E-state index contributed by atoms with van der Waals surface area (Å²) in [6.07, 6.45) is 7.03. The molecule has 200 valence electrons. The van der Waals surface area contributed by atoms with Crippen molar-refractivity contribution in [2.45, 2.75) is 131 Å². The lowest BCUT2D eigenvalue weighted by Gasteiger charge is -2.37. The minimum Gasteiger partial charge on any atom is -0.416 e. The minimum absolute atomic E-state index is 0.335. The summed E-state index contributed by atoms with van der Waals surface area (Å²) in [5.41, 5.74) is 0.335. The molecule has 0 aliphatic rings. The van der Waals surface area contributed by atoms with Gasteiger partial charge in [-0.05, 0) is 63.3 Å². The first kappa shape index (κ1) is 33.7. The molecule has 0 N–H and O–H groups in total. The summed E-state index contributed by atoms with van der Waals surface area (Å²) in [6, 6.07) is 2.57. The van der Waals surface area contributed by atoms with Gasteiger partial charge in [0, 0.05) is 27.8 Å². The van der Waals surface area contributed by atoms with Crippen LogP contribution in [0.15, 0.2) is 0 Å². The molecule has 3 atom stereocenters. The molecule has 33 heavy (non-hydrogen) atoms. The van der Waals surface area contributed by atoms with Gasteiger partial charge in [0.1, 0.15) is 0 Å². The topological polar surface area (TPSA) is 36.9 Å². The predicted octanol–water partition coefficient (Wildman–Crippen LogP) is 8.56. The van der Waals surface area contributed by atoms with Crippen LogP contribution in [0.5, 0.6) is 0 Å². The number of hydrogen-bond donors (Lipinski definition) is 0. The normalized spacial score (nSPS) is 18.1. The molecule has 0 aromatic heterocycles. The van der Waals surface area contributed by atoms with E-state index in [0.717, 1.165) is 19.1 Å². The Kier molecular flexibility index (Phi) is 14.8. The lowest BCUT2D eigenvalue weighted by atomic mass is 9.86. The van der Waals surface area contributed by atoms with Crippen molar-refractivity contribution in [3.05, 3.63) is 0 Å². The van der Waals surface area contributed by atoms with E-state index in [4.69, 9.17) is 17.4 Å². The Morgan fingerprint density at radius 2 is 1.33 bits per heavy atom. The summed E-state index contributed by atoms with van der Waals surface area (Å²) in [6.45, 7) is 31.4. The van der Waals surface area contributed by atoms with Gasteiger partial charge in [-0.15, -0.1) is 0 Å². The van der Waals surface area contributed by atoms with Crippen molar-refractivity contribution >= 4 is 33.5 Å². The lowest BCUT2D eigenvalue weighted by molar-refractivity contribution is 0.123. The van der Waals surface area contributed by atoms with E-state index in [1.807, 2.05) is 6.92 Å². The van der Waals surface area contributed by atoms with Crippen LogP contribution in [-0.2, 0) is 17.4 Å². The second kappa shape index (κ2) is 14.4. The van der Waals surface area contributed by atoms with Crippen LogP contribution in [0.2, 0.25) is 64.5 Å². The van der Waals surface area contributed by atoms with Crippen LogP contribution in [0, 0.1) is 11.3 Å². The molecule has 3 unspecified atom stereocenters. The first-order valence-corrected chi connectivity index (χ1v) is 25.6. The summed E-state index contributed by atoms with van der Waals surface area (Å²) in [5, 5.41) is 0. The molecule has 0 aliphatic carbocycles. The van der Waals surface area contributed by atoms with Gasteiger partial charge < -0.3 is 17.4 Å². The molecule has 4 nitrogen and oxygen atoms in total. The molecular formula is C25H60O4Si4. The van der Waals surface area contributed by atoms with E-state index in [-0.39, 0.29) is 0 Å². The highest BCUT2D eigenvalue weighted by molar-refractivity contribution is 6.80. The fourth-order valence-electron chi connectivity index (χ4n) is 4.65. The molecule has 0 saturated heterocycles. The van der Waals surface area contributed by atoms with Gasteiger partial charge in [-0.25, -0.2) is 0 Å². The average Bonchev–Trinajstić information content (AvgIpc) is 2.55. The van der Waals surface area contributed by atoms with Crippen LogP contribution in [0.25, 0.3) is 0 Å². The van der Waals surface area contributed by atoms with E-state index in [9.17, 15) is 0 Å². The average molecular weight is 537 g/mol. The quantitative estimate of drug-likeness (QED) is 0.130. The Bertz CT molecular complexity index is 528. The first-order valence-electron chi connectivity index (χ1n) is 13.4. The van der Waals surface area contributed by atoms with E-state index >= 15 is 0 Å². The fourth-order valence-corrected chi connectivity index (χ4v) is 16.3. The maximum atomic E-state index is 6.71. The van der Waals surface area contributed by atoms with Crippen LogP contribution in [-0.4, -0.2) is 53.0 Å². The van der Waals surface area contributed by atoms with Gasteiger partial charge in [-0.2, -0.15) is 0 Å². The first-order chi connectivity index (χ1) is 14.8. The van der Waals surface area contributed by atoms with E-state index in [1.165, 1.54) is 31.7 Å². The Labute approximate surface area is 212 Å². The molecule has 0 amide bonds. The molecule has 0 bridgehead atoms. The van der Waals surface area contributed by atoms with Crippen molar-refractivity contribution in [2.24, 2.45) is 11.3 Å². The highest BCUT2D eigenvalue weighted by atomic mass is 28.5. The van der Waals surface area contributed by atoms with Gasteiger partial charge in [-0.1, -0.05) is 72.6 Å². The second-order valence-corrected chi connectivity index (χ2v) is 30.7. The Morgan fingerprint density at radius 1 is 0.758 bits per heavy atom. The zero-order valence-electron chi connectivity index (χ0n) is 24.8. The standard InChI is InChI=1S/C25H60O4Si4/c1-14-26-33(13,29-31(9,10)11)28-23-32(12,22-24(2)21-25(3,4)5)27-19-17-15-16-18-20-30(6,7)8/h24H,14-23H2,1-13H3. The van der Waals surface area contributed by atoms with Crippen LogP contribution in [0.3, 0.4) is 0 Å². The SMILES string of the molecule is CCO[Si](C)(OC[Si](C)(CC(C)CC(C)(C)C)OCCCCCC[Si](C)(C)C)O[Si](C)(C)C. The van der Waals surface area contributed by atoms with Crippen molar-refractivity contribution in [1.82, 2.24) is 0 Å². The van der Waals surface area contributed by atoms with E-state index in [1.54, 1.807) is 0 Å². The van der Waals surface area contributed by atoms with Gasteiger partial charge in [0.25, 0.3) is 0 Å². The third-order valence-electron chi connectivity index (χ3n) is 5.55. The molecule has 0 rings (SSSR count). The lowest BCUT2D eigenvalue weighted by Crippen LogP contribution is -2.54. The maximum Gasteiger partial charge on any atom is 0.486 e. The Balaban J connectivity index is 5.03. The maximum absolute atomic E-state index is 6.71. The number of hydrogen-bond acceptors (Lipinski definition) is 4. The van der Waals surface area contributed by atoms with Gasteiger partial charge in [0.2, 0.25) is 8.32 Å². The van der Waals surface area contributed by atoms with Gasteiger partial charge in [0.05, 0.1) is 6.23 Å². The molecule has 0 saturated carbocycles. The van der Waals surface area contributed by atoms with Crippen molar-refractivity contribution < 1.29 is 17.4 Å². The van der Waals surface area contributed by atoms with Crippen molar-refractivity contribution in [3.8, 4) is 0 Å². The van der Waals surface area contributed by atoms with E-state index in [0.29, 0.717) is 24.2 Å². The highest BCUT2D eigenvalue weighted by Crippen LogP contribution is 2.31. The van der Waals surface area contributed by atoms with Crippen LogP contribution in [0.1, 0.15) is 66.7 Å². The zero-order chi connectivity index (χ0) is 26.0. The third-order valence-corrected chi connectivity index (χ3v) is 16.3. The van der Waals surface area contributed by atoms with Gasteiger partial charge in [-0.3, -0.25) is 0 Å². The van der Waals surface area contributed by atoms with Crippen LogP contribution >= 0.6 is 0 Å². The monoisotopic (exact) mass is 536 g/mol. The molecular weight excluding hydrogens is 477 g/mol. The molecule has 8 heteroatoms. The Hall–Kier alpha value is 0.708. The fraction of sp³-hybridized carbons (Fsp3) is 1.00. The largest absolute Gasteiger partial charge is 0.486 e. The van der Waals surface area contributed by atoms with Crippen LogP contribution in [0.4, 0.5) is 0 Å². The van der Waals surface area contributed by atoms with Crippen LogP contribution < -0.4 is 0 Å². The summed E-state index contributed by atoms with van der Waals surface area (Å²) in [5.74, 6) is 0.625. The van der Waals surface area contributed by atoms with Crippen molar-refractivity contribution in [1.29, 1.82) is 0 Å². The van der Waals surface area contributed by atoms with Gasteiger partial charge >= 0.3 is 8.80 Å². The molecule has 0 aromatic carbocycles. The van der Waals surface area contributed by atoms with Crippen molar-refractivity contribution in [3.63, 3.8) is 0 Å². The summed E-state index contributed by atoms with van der Waals surface area (Å²) >= 11 is 0. The summed E-state index contributed by atoms with van der Waals surface area (Å²) in [7, 11) is -7.37. The zero-order valence-corrected chi connectivity index (χ0v) is 28.8. The highest BCUT2D eigenvalue weighted by Gasteiger charge is 2.43. The number of rotatable bonds is 18. The minimum atomic E-state index is -2.66. The van der Waals surface area contributed by atoms with E-state index in [2.05, 4.69) is 80.1 Å². The number of unbranched alkanes of at least 4 members (excludes halogenated alkanes) is 3. The molecule has 0 aromatic rings. The summed E-state index contributed by atoms with van der Waals surface area (Å²) in [4.78, 5) is 0. The molecule has 0 fully saturated rings. The Morgan fingerprint density at radius 3 is 1.82 bits per heavy atom. The van der Waals surface area contributed by atoms with E-state index < -0.39 is 33.5 Å². The molecule has 0 radical (unpaired) electrons. The molecule has 0 spiro atoms. The molecule has 0 heterocycles. The molecule has 0 aliphatic heterocycles. The smallest absolute Gasteiger partial charge is 0.416 e. The van der Waals surface area contributed by atoms with Gasteiger partial charge in [0.15, 0.2) is 8.32 Å².